The van der Waals surface area contributed by atoms with Crippen LogP contribution in [0.2, 0.25) is 10.0 Å². The molecular formula is C16H21Cl2N3O2. The molecule has 1 fully saturated rings. The fraction of sp³-hybridized carbons (Fsp3) is 0.500. The molecule has 23 heavy (non-hydrogen) atoms. The SMILES string of the molecule is CN(Cc1ccc(Cl)c(Cl)c1)C(=O)CN1CCC[C@H](C(N)=O)C1. The number of piperidine rings is 1. The summed E-state index contributed by atoms with van der Waals surface area (Å²) in [5.74, 6) is -0.440. The number of nitrogens with two attached hydrogens (primary N) is 1. The first-order chi connectivity index (χ1) is 10.9. The molecule has 1 aromatic carbocycles. The van der Waals surface area contributed by atoms with Gasteiger partial charge >= 0.3 is 0 Å². The Balaban J connectivity index is 1.89. The number of likely N-dealkylation sites (tertiary alicyclic amines) is 1. The van der Waals surface area contributed by atoms with E-state index in [1.165, 1.54) is 0 Å². The number of amides is 2. The molecule has 1 aliphatic heterocycles. The summed E-state index contributed by atoms with van der Waals surface area (Å²) in [6.45, 7) is 2.13. The van der Waals surface area contributed by atoms with Crippen LogP contribution in [0.5, 0.6) is 0 Å². The lowest BCUT2D eigenvalue weighted by molar-refractivity contribution is -0.133. The van der Waals surface area contributed by atoms with Crippen molar-refractivity contribution >= 4 is 35.0 Å². The predicted octanol–water partition coefficient (Wildman–Crippen LogP) is 2.15. The summed E-state index contributed by atoms with van der Waals surface area (Å²) in [6, 6.07) is 5.33. The molecule has 0 spiro atoms. The maximum Gasteiger partial charge on any atom is 0.236 e. The first-order valence-electron chi connectivity index (χ1n) is 7.56. The molecule has 0 bridgehead atoms. The first kappa shape index (κ1) is 18.0. The minimum Gasteiger partial charge on any atom is -0.369 e. The number of carbonyl (C=O) groups is 2. The van der Waals surface area contributed by atoms with E-state index in [2.05, 4.69) is 0 Å². The molecule has 5 nitrogen and oxygen atoms in total. The van der Waals surface area contributed by atoms with Crippen LogP contribution in [0.25, 0.3) is 0 Å². The summed E-state index contributed by atoms with van der Waals surface area (Å²) in [5, 5.41) is 0.973. The largest absolute Gasteiger partial charge is 0.369 e. The molecule has 0 aromatic heterocycles. The zero-order valence-electron chi connectivity index (χ0n) is 13.1. The number of nitrogens with zero attached hydrogens (tertiary/aromatic N) is 2. The zero-order chi connectivity index (χ0) is 17.0. The van der Waals surface area contributed by atoms with E-state index in [1.807, 2.05) is 11.0 Å². The lowest BCUT2D eigenvalue weighted by Crippen LogP contribution is -2.45. The quantitative estimate of drug-likeness (QED) is 0.877. The van der Waals surface area contributed by atoms with Gasteiger partial charge in [-0.05, 0) is 37.1 Å². The number of primary amides is 1. The molecule has 7 heteroatoms. The molecule has 1 atom stereocenters. The molecule has 0 radical (unpaired) electrons. The summed E-state index contributed by atoms with van der Waals surface area (Å²) in [5.41, 5.74) is 6.28. The van der Waals surface area contributed by atoms with Crippen LogP contribution in [-0.2, 0) is 16.1 Å². The standard InChI is InChI=1S/C16H21Cl2N3O2/c1-20(8-11-4-5-13(17)14(18)7-11)15(22)10-21-6-2-3-12(9-21)16(19)23/h4-5,7,12H,2-3,6,8-10H2,1H3,(H2,19,23)/t12-/m0/s1. The average molecular weight is 358 g/mol. The Morgan fingerprint density at radius 1 is 1.35 bits per heavy atom. The van der Waals surface area contributed by atoms with Crippen molar-refractivity contribution in [1.29, 1.82) is 0 Å². The van der Waals surface area contributed by atoms with E-state index in [4.69, 9.17) is 28.9 Å². The van der Waals surface area contributed by atoms with Gasteiger partial charge in [0.1, 0.15) is 0 Å². The molecule has 0 aliphatic carbocycles. The number of rotatable bonds is 5. The zero-order valence-corrected chi connectivity index (χ0v) is 14.6. The van der Waals surface area contributed by atoms with Gasteiger partial charge in [-0.15, -0.1) is 0 Å². The second-order valence-corrected chi connectivity index (χ2v) is 6.79. The number of halogens is 2. The molecule has 0 unspecified atom stereocenters. The third-order valence-electron chi connectivity index (χ3n) is 4.10. The fourth-order valence-electron chi connectivity index (χ4n) is 2.74. The van der Waals surface area contributed by atoms with Crippen molar-refractivity contribution in [2.45, 2.75) is 19.4 Å². The van der Waals surface area contributed by atoms with Gasteiger partial charge in [0.15, 0.2) is 0 Å². The summed E-state index contributed by atoms with van der Waals surface area (Å²) < 4.78 is 0. The lowest BCUT2D eigenvalue weighted by Gasteiger charge is -2.31. The summed E-state index contributed by atoms with van der Waals surface area (Å²) in [6.07, 6.45) is 1.69. The smallest absolute Gasteiger partial charge is 0.236 e. The maximum absolute atomic E-state index is 12.4. The van der Waals surface area contributed by atoms with Gasteiger partial charge in [0.2, 0.25) is 11.8 Å². The fourth-order valence-corrected chi connectivity index (χ4v) is 3.06. The highest BCUT2D eigenvalue weighted by atomic mass is 35.5. The molecule has 1 aliphatic rings. The molecule has 126 valence electrons. The van der Waals surface area contributed by atoms with Gasteiger partial charge in [0.25, 0.3) is 0 Å². The molecule has 2 N–H and O–H groups in total. The molecule has 1 aromatic rings. The number of carbonyl (C=O) groups excluding carboxylic acids is 2. The van der Waals surface area contributed by atoms with E-state index in [-0.39, 0.29) is 17.7 Å². The van der Waals surface area contributed by atoms with Crippen LogP contribution >= 0.6 is 23.2 Å². The van der Waals surface area contributed by atoms with Gasteiger partial charge < -0.3 is 10.6 Å². The highest BCUT2D eigenvalue weighted by Gasteiger charge is 2.25. The van der Waals surface area contributed by atoms with Crippen LogP contribution < -0.4 is 5.73 Å². The van der Waals surface area contributed by atoms with Gasteiger partial charge in [0, 0.05) is 20.1 Å². The highest BCUT2D eigenvalue weighted by Crippen LogP contribution is 2.23. The van der Waals surface area contributed by atoms with E-state index in [0.29, 0.717) is 29.7 Å². The van der Waals surface area contributed by atoms with Crippen LogP contribution in [0.3, 0.4) is 0 Å². The Morgan fingerprint density at radius 2 is 2.09 bits per heavy atom. The molecule has 2 amide bonds. The predicted molar refractivity (Wildman–Crippen MR) is 91.3 cm³/mol. The summed E-state index contributed by atoms with van der Waals surface area (Å²) in [7, 11) is 1.75. The molecular weight excluding hydrogens is 337 g/mol. The van der Waals surface area contributed by atoms with Gasteiger partial charge in [0.05, 0.1) is 22.5 Å². The Bertz CT molecular complexity index is 595. The van der Waals surface area contributed by atoms with E-state index in [0.717, 1.165) is 24.9 Å². The number of benzene rings is 1. The minimum atomic E-state index is -0.286. The van der Waals surface area contributed by atoms with Crippen molar-refractivity contribution in [2.24, 2.45) is 11.7 Å². The summed E-state index contributed by atoms with van der Waals surface area (Å²) in [4.78, 5) is 27.3. The average Bonchev–Trinajstić information content (AvgIpc) is 2.51. The third-order valence-corrected chi connectivity index (χ3v) is 4.84. The first-order valence-corrected chi connectivity index (χ1v) is 8.32. The van der Waals surface area contributed by atoms with Crippen molar-refractivity contribution in [3.05, 3.63) is 33.8 Å². The lowest BCUT2D eigenvalue weighted by atomic mass is 9.97. The van der Waals surface area contributed by atoms with Crippen molar-refractivity contribution in [2.75, 3.05) is 26.7 Å². The molecule has 1 heterocycles. The third kappa shape index (κ3) is 5.09. The van der Waals surface area contributed by atoms with Crippen molar-refractivity contribution in [1.82, 2.24) is 9.80 Å². The van der Waals surface area contributed by atoms with Crippen molar-refractivity contribution in [3.63, 3.8) is 0 Å². The molecule has 0 saturated carbocycles. The van der Waals surface area contributed by atoms with Crippen LogP contribution in [0.4, 0.5) is 0 Å². The Kier molecular flexibility index (Phi) is 6.27. The van der Waals surface area contributed by atoms with Crippen LogP contribution in [0, 0.1) is 5.92 Å². The Morgan fingerprint density at radius 3 is 2.74 bits per heavy atom. The topological polar surface area (TPSA) is 66.6 Å². The highest BCUT2D eigenvalue weighted by molar-refractivity contribution is 6.42. The van der Waals surface area contributed by atoms with Crippen LogP contribution in [0.15, 0.2) is 18.2 Å². The van der Waals surface area contributed by atoms with Gasteiger partial charge in [-0.25, -0.2) is 0 Å². The maximum atomic E-state index is 12.4. The van der Waals surface area contributed by atoms with Crippen LogP contribution in [0.1, 0.15) is 18.4 Å². The monoisotopic (exact) mass is 357 g/mol. The number of hydrogen-bond acceptors (Lipinski definition) is 3. The van der Waals surface area contributed by atoms with E-state index in [1.54, 1.807) is 24.1 Å². The molecule has 2 rings (SSSR count). The Hall–Kier alpha value is -1.30. The van der Waals surface area contributed by atoms with Crippen molar-refractivity contribution in [3.8, 4) is 0 Å². The number of hydrogen-bond donors (Lipinski definition) is 1. The number of likely N-dealkylation sites (N-methyl/N-ethyl adjacent to an activating group) is 1. The van der Waals surface area contributed by atoms with E-state index >= 15 is 0 Å². The van der Waals surface area contributed by atoms with Gasteiger partial charge in [-0.2, -0.15) is 0 Å². The minimum absolute atomic E-state index is 0.00110. The van der Waals surface area contributed by atoms with E-state index in [9.17, 15) is 9.59 Å². The second-order valence-electron chi connectivity index (χ2n) is 5.97. The van der Waals surface area contributed by atoms with Crippen LogP contribution in [-0.4, -0.2) is 48.3 Å². The summed E-state index contributed by atoms with van der Waals surface area (Å²) >= 11 is 11.9. The van der Waals surface area contributed by atoms with Gasteiger partial charge in [-0.3, -0.25) is 14.5 Å². The molecule has 1 saturated heterocycles. The second kappa shape index (κ2) is 7.99. The Labute approximate surface area is 146 Å². The van der Waals surface area contributed by atoms with E-state index < -0.39 is 0 Å². The normalized spacial score (nSPS) is 18.7. The van der Waals surface area contributed by atoms with Gasteiger partial charge in [-0.1, -0.05) is 29.3 Å². The van der Waals surface area contributed by atoms with Crippen molar-refractivity contribution < 1.29 is 9.59 Å².